The van der Waals surface area contributed by atoms with Gasteiger partial charge in [0.15, 0.2) is 0 Å². The van der Waals surface area contributed by atoms with Crippen molar-refractivity contribution in [1.29, 1.82) is 0 Å². The molecule has 19 heavy (non-hydrogen) atoms. The normalized spacial score (nSPS) is 10.3. The molecule has 0 fully saturated rings. The molecule has 0 aliphatic rings. The third kappa shape index (κ3) is 5.94. The maximum absolute atomic E-state index is 11.7. The summed E-state index contributed by atoms with van der Waals surface area (Å²) in [6, 6.07) is 7.32. The predicted octanol–water partition coefficient (Wildman–Crippen LogP) is 1.63. The number of rotatable bonds is 2. The minimum absolute atomic E-state index is 0.174. The highest BCUT2D eigenvalue weighted by Gasteiger charge is 2.13. The number of urea groups is 1. The monoisotopic (exact) mass is 260 g/mol. The average Bonchev–Trinajstić information content (AvgIpc) is 2.32. The van der Waals surface area contributed by atoms with Crippen molar-refractivity contribution in [2.24, 2.45) is 0 Å². The quantitative estimate of drug-likeness (QED) is 0.708. The van der Waals surface area contributed by atoms with Crippen molar-refractivity contribution < 1.29 is 9.90 Å². The molecule has 4 heteroatoms. The molecule has 0 radical (unpaired) electrons. The van der Waals surface area contributed by atoms with Crippen LogP contribution >= 0.6 is 0 Å². The number of carbonyl (C=O) groups excluding carboxylic acids is 1. The molecule has 0 unspecified atom stereocenters. The van der Waals surface area contributed by atoms with Gasteiger partial charge in [0.25, 0.3) is 0 Å². The Balaban J connectivity index is 2.65. The van der Waals surface area contributed by atoms with E-state index in [1.807, 2.05) is 45.0 Å². The van der Waals surface area contributed by atoms with Crippen molar-refractivity contribution >= 4 is 6.03 Å². The van der Waals surface area contributed by atoms with Crippen LogP contribution in [0.4, 0.5) is 4.79 Å². The van der Waals surface area contributed by atoms with E-state index in [0.717, 1.165) is 11.1 Å². The van der Waals surface area contributed by atoms with Crippen LogP contribution in [0.25, 0.3) is 0 Å². The second-order valence-electron chi connectivity index (χ2n) is 5.17. The van der Waals surface area contributed by atoms with Crippen LogP contribution in [0.2, 0.25) is 0 Å². The number of aliphatic hydroxyl groups excluding tert-OH is 1. The van der Waals surface area contributed by atoms with E-state index in [9.17, 15) is 4.79 Å². The van der Waals surface area contributed by atoms with Gasteiger partial charge in [0, 0.05) is 17.6 Å². The zero-order valence-corrected chi connectivity index (χ0v) is 11.6. The molecule has 3 N–H and O–H groups in total. The van der Waals surface area contributed by atoms with Crippen LogP contribution in [0, 0.1) is 11.8 Å². The van der Waals surface area contributed by atoms with Gasteiger partial charge < -0.3 is 15.7 Å². The number of aliphatic hydroxyl groups is 1. The highest BCUT2D eigenvalue weighted by atomic mass is 16.2. The summed E-state index contributed by atoms with van der Waals surface area (Å²) in [4.78, 5) is 11.7. The van der Waals surface area contributed by atoms with E-state index >= 15 is 0 Å². The molecule has 0 atom stereocenters. The summed E-state index contributed by atoms with van der Waals surface area (Å²) in [5, 5.41) is 14.3. The van der Waals surface area contributed by atoms with Gasteiger partial charge in [-0.2, -0.15) is 0 Å². The van der Waals surface area contributed by atoms with Crippen LogP contribution in [-0.2, 0) is 6.54 Å². The first-order valence-electron chi connectivity index (χ1n) is 6.16. The average molecular weight is 260 g/mol. The molecule has 0 spiro atoms. The number of amides is 2. The Morgan fingerprint density at radius 1 is 1.32 bits per heavy atom. The van der Waals surface area contributed by atoms with Crippen LogP contribution in [0.5, 0.6) is 0 Å². The molecular weight excluding hydrogens is 240 g/mol. The minimum atomic E-state index is -0.264. The van der Waals surface area contributed by atoms with Crippen molar-refractivity contribution in [3.63, 3.8) is 0 Å². The Hall–Kier alpha value is -1.99. The maximum atomic E-state index is 11.7. The van der Waals surface area contributed by atoms with Crippen LogP contribution in [-0.4, -0.2) is 23.3 Å². The minimum Gasteiger partial charge on any atom is -0.384 e. The number of hydrogen-bond donors (Lipinski definition) is 3. The first-order valence-corrected chi connectivity index (χ1v) is 6.16. The second kappa shape index (κ2) is 6.81. The SMILES string of the molecule is CC(C)(C)NC(=O)NCc1ccccc1C#CCO. The van der Waals surface area contributed by atoms with E-state index in [4.69, 9.17) is 5.11 Å². The van der Waals surface area contributed by atoms with Crippen LogP contribution in [0.3, 0.4) is 0 Å². The highest BCUT2D eigenvalue weighted by molar-refractivity contribution is 5.74. The fourth-order valence-electron chi connectivity index (χ4n) is 1.49. The van der Waals surface area contributed by atoms with Gasteiger partial charge in [0.1, 0.15) is 6.61 Å². The van der Waals surface area contributed by atoms with Crippen molar-refractivity contribution in [3.8, 4) is 11.8 Å². The largest absolute Gasteiger partial charge is 0.384 e. The molecule has 0 aliphatic heterocycles. The molecule has 0 saturated heterocycles. The van der Waals surface area contributed by atoms with Crippen molar-refractivity contribution in [3.05, 3.63) is 35.4 Å². The first kappa shape index (κ1) is 15.1. The topological polar surface area (TPSA) is 61.4 Å². The van der Waals surface area contributed by atoms with Crippen molar-refractivity contribution in [2.75, 3.05) is 6.61 Å². The molecule has 1 rings (SSSR count). The molecule has 0 heterocycles. The molecule has 0 aromatic heterocycles. The number of benzene rings is 1. The van der Waals surface area contributed by atoms with E-state index in [0.29, 0.717) is 6.54 Å². The summed E-state index contributed by atoms with van der Waals surface area (Å²) >= 11 is 0. The summed E-state index contributed by atoms with van der Waals surface area (Å²) in [6.07, 6.45) is 0. The van der Waals surface area contributed by atoms with Gasteiger partial charge >= 0.3 is 6.03 Å². The molecule has 2 amide bonds. The molecule has 102 valence electrons. The highest BCUT2D eigenvalue weighted by Crippen LogP contribution is 2.07. The Bertz CT molecular complexity index is 493. The van der Waals surface area contributed by atoms with E-state index in [1.54, 1.807) is 0 Å². The van der Waals surface area contributed by atoms with Crippen molar-refractivity contribution in [1.82, 2.24) is 10.6 Å². The molecule has 0 bridgehead atoms. The molecule has 1 aromatic carbocycles. The Morgan fingerprint density at radius 3 is 2.63 bits per heavy atom. The zero-order valence-electron chi connectivity index (χ0n) is 11.6. The third-order valence-electron chi connectivity index (χ3n) is 2.25. The number of carbonyl (C=O) groups is 1. The Labute approximate surface area is 114 Å². The second-order valence-corrected chi connectivity index (χ2v) is 5.17. The standard InChI is InChI=1S/C15H20N2O2/c1-15(2,3)17-14(19)16-11-13-8-5-4-7-12(13)9-6-10-18/h4-5,7-8,18H,10-11H2,1-3H3,(H2,16,17,19). The fraction of sp³-hybridized carbons (Fsp3) is 0.400. The number of hydrogen-bond acceptors (Lipinski definition) is 2. The van der Waals surface area contributed by atoms with E-state index < -0.39 is 0 Å². The summed E-state index contributed by atoms with van der Waals surface area (Å²) in [5.74, 6) is 5.47. The lowest BCUT2D eigenvalue weighted by Gasteiger charge is -2.20. The molecule has 4 nitrogen and oxygen atoms in total. The predicted molar refractivity (Wildman–Crippen MR) is 75.5 cm³/mol. The smallest absolute Gasteiger partial charge is 0.315 e. The lowest BCUT2D eigenvalue weighted by molar-refractivity contribution is 0.231. The van der Waals surface area contributed by atoms with Gasteiger partial charge in [0.05, 0.1) is 0 Å². The van der Waals surface area contributed by atoms with Gasteiger partial charge in [-0.25, -0.2) is 4.79 Å². The van der Waals surface area contributed by atoms with E-state index in [1.165, 1.54) is 0 Å². The Morgan fingerprint density at radius 2 is 2.00 bits per heavy atom. The molecule has 0 saturated carbocycles. The zero-order chi connectivity index (χ0) is 14.3. The van der Waals surface area contributed by atoms with Crippen molar-refractivity contribution in [2.45, 2.75) is 32.9 Å². The fourth-order valence-corrected chi connectivity index (χ4v) is 1.49. The van der Waals surface area contributed by atoms with Gasteiger partial charge in [-0.15, -0.1) is 0 Å². The third-order valence-corrected chi connectivity index (χ3v) is 2.25. The van der Waals surface area contributed by atoms with E-state index in [-0.39, 0.29) is 18.2 Å². The van der Waals surface area contributed by atoms with Crippen LogP contribution in [0.1, 0.15) is 31.9 Å². The van der Waals surface area contributed by atoms with Crippen LogP contribution in [0.15, 0.2) is 24.3 Å². The Kier molecular flexibility index (Phi) is 5.40. The lowest BCUT2D eigenvalue weighted by atomic mass is 10.1. The van der Waals surface area contributed by atoms with Gasteiger partial charge in [-0.05, 0) is 32.4 Å². The summed E-state index contributed by atoms with van der Waals surface area (Å²) in [6.45, 7) is 6.00. The first-order chi connectivity index (χ1) is 8.92. The lowest BCUT2D eigenvalue weighted by Crippen LogP contribution is -2.46. The summed E-state index contributed by atoms with van der Waals surface area (Å²) in [7, 11) is 0. The maximum Gasteiger partial charge on any atom is 0.315 e. The van der Waals surface area contributed by atoms with Crippen LogP contribution < -0.4 is 10.6 Å². The summed E-state index contributed by atoms with van der Waals surface area (Å²) in [5.41, 5.74) is 1.47. The number of nitrogens with one attached hydrogen (secondary N) is 2. The summed E-state index contributed by atoms with van der Waals surface area (Å²) < 4.78 is 0. The molecule has 1 aromatic rings. The van der Waals surface area contributed by atoms with E-state index in [2.05, 4.69) is 22.5 Å². The van der Waals surface area contributed by atoms with Gasteiger partial charge in [-0.1, -0.05) is 30.0 Å². The molecule has 0 aliphatic carbocycles. The van der Waals surface area contributed by atoms with Gasteiger partial charge in [0.2, 0.25) is 0 Å². The molecular formula is C15H20N2O2. The van der Waals surface area contributed by atoms with Gasteiger partial charge in [-0.3, -0.25) is 0 Å².